The average Bonchev–Trinajstić information content (AvgIpc) is 2.52. The van der Waals surface area contributed by atoms with Crippen LogP contribution >= 0.6 is 0 Å². The van der Waals surface area contributed by atoms with Gasteiger partial charge in [0.05, 0.1) is 19.8 Å². The zero-order valence-electron chi connectivity index (χ0n) is 12.2. The predicted molar refractivity (Wildman–Crippen MR) is 80.8 cm³/mol. The lowest BCUT2D eigenvalue weighted by atomic mass is 10.0. The van der Waals surface area contributed by atoms with E-state index in [4.69, 9.17) is 4.74 Å². The minimum absolute atomic E-state index is 0.0644. The smallest absolute Gasteiger partial charge is 0.131 e. The lowest BCUT2D eigenvalue weighted by molar-refractivity contribution is 0.233. The van der Waals surface area contributed by atoms with Gasteiger partial charge >= 0.3 is 0 Å². The molecular weight excluding hydrogens is 269 g/mol. The van der Waals surface area contributed by atoms with Gasteiger partial charge in [-0.1, -0.05) is 36.4 Å². The second kappa shape index (κ2) is 7.20. The van der Waals surface area contributed by atoms with Gasteiger partial charge in [0.25, 0.3) is 0 Å². The van der Waals surface area contributed by atoms with Gasteiger partial charge in [0.2, 0.25) is 0 Å². The molecule has 2 N–H and O–H groups in total. The highest BCUT2D eigenvalue weighted by molar-refractivity contribution is 5.37. The third-order valence-electron chi connectivity index (χ3n) is 3.50. The van der Waals surface area contributed by atoms with Gasteiger partial charge < -0.3 is 15.2 Å². The number of hydrogen-bond donors (Lipinski definition) is 2. The summed E-state index contributed by atoms with van der Waals surface area (Å²) in [6, 6.07) is 13.8. The normalized spacial score (nSPS) is 13.7. The number of aliphatic hydroxyl groups excluding tert-OH is 1. The Hall–Kier alpha value is -1.91. The van der Waals surface area contributed by atoms with Crippen LogP contribution in [-0.2, 0) is 0 Å². The number of halogens is 1. The lowest BCUT2D eigenvalue weighted by Gasteiger charge is -2.24. The van der Waals surface area contributed by atoms with Gasteiger partial charge in [-0.2, -0.15) is 0 Å². The van der Waals surface area contributed by atoms with E-state index < -0.39 is 0 Å². The average molecular weight is 289 g/mol. The summed E-state index contributed by atoms with van der Waals surface area (Å²) in [5, 5.41) is 12.8. The van der Waals surface area contributed by atoms with Crippen LogP contribution in [0.4, 0.5) is 4.39 Å². The Kier molecular flexibility index (Phi) is 5.31. The van der Waals surface area contributed by atoms with Crippen LogP contribution in [0, 0.1) is 5.82 Å². The van der Waals surface area contributed by atoms with E-state index in [-0.39, 0.29) is 24.5 Å². The maximum absolute atomic E-state index is 14.1. The Bertz CT molecular complexity index is 574. The fourth-order valence-electron chi connectivity index (χ4n) is 2.44. The lowest BCUT2D eigenvalue weighted by Crippen LogP contribution is -2.28. The fourth-order valence-corrected chi connectivity index (χ4v) is 2.44. The maximum atomic E-state index is 14.1. The van der Waals surface area contributed by atoms with Gasteiger partial charge in [0, 0.05) is 11.6 Å². The SMILES string of the molecule is COc1cccc(F)c1C(C)NC(CO)c1ccccc1. The Labute approximate surface area is 124 Å². The largest absolute Gasteiger partial charge is 0.496 e. The van der Waals surface area contributed by atoms with Crippen molar-refractivity contribution in [1.29, 1.82) is 0 Å². The third-order valence-corrected chi connectivity index (χ3v) is 3.50. The summed E-state index contributed by atoms with van der Waals surface area (Å²) >= 11 is 0. The van der Waals surface area contributed by atoms with Crippen LogP contribution in [0.1, 0.15) is 30.1 Å². The van der Waals surface area contributed by atoms with Crippen LogP contribution in [0.5, 0.6) is 5.75 Å². The quantitative estimate of drug-likeness (QED) is 0.858. The monoisotopic (exact) mass is 289 g/mol. The van der Waals surface area contributed by atoms with E-state index in [0.717, 1.165) is 5.56 Å². The van der Waals surface area contributed by atoms with Gasteiger partial charge in [-0.3, -0.25) is 0 Å². The molecule has 2 atom stereocenters. The van der Waals surface area contributed by atoms with Crippen molar-refractivity contribution in [2.75, 3.05) is 13.7 Å². The fraction of sp³-hybridized carbons (Fsp3) is 0.294. The first-order chi connectivity index (χ1) is 10.2. The van der Waals surface area contributed by atoms with Crippen molar-refractivity contribution in [1.82, 2.24) is 5.32 Å². The van der Waals surface area contributed by atoms with E-state index in [9.17, 15) is 9.50 Å². The molecule has 3 nitrogen and oxygen atoms in total. The molecule has 2 aromatic carbocycles. The molecule has 4 heteroatoms. The Morgan fingerprint density at radius 3 is 2.48 bits per heavy atom. The van der Waals surface area contributed by atoms with E-state index >= 15 is 0 Å². The zero-order chi connectivity index (χ0) is 15.2. The molecule has 0 aliphatic heterocycles. The van der Waals surface area contributed by atoms with Crippen molar-refractivity contribution < 1.29 is 14.2 Å². The third kappa shape index (κ3) is 3.60. The molecule has 2 rings (SSSR count). The van der Waals surface area contributed by atoms with Crippen LogP contribution in [-0.4, -0.2) is 18.8 Å². The zero-order valence-corrected chi connectivity index (χ0v) is 12.2. The van der Waals surface area contributed by atoms with E-state index in [1.54, 1.807) is 12.1 Å². The summed E-state index contributed by atoms with van der Waals surface area (Å²) in [5.41, 5.74) is 1.43. The molecule has 21 heavy (non-hydrogen) atoms. The van der Waals surface area contributed by atoms with Crippen LogP contribution in [0.3, 0.4) is 0 Å². The first-order valence-corrected chi connectivity index (χ1v) is 6.91. The predicted octanol–water partition coefficient (Wildman–Crippen LogP) is 3.22. The molecule has 0 radical (unpaired) electrons. The standard InChI is InChI=1S/C17H20FNO2/c1-12(17-14(18)9-6-10-16(17)21-2)19-15(11-20)13-7-4-3-5-8-13/h3-10,12,15,19-20H,11H2,1-2H3. The molecule has 0 fully saturated rings. The van der Waals surface area contributed by atoms with Gasteiger partial charge in [0.1, 0.15) is 11.6 Å². The molecular formula is C17H20FNO2. The van der Waals surface area contributed by atoms with Gasteiger partial charge in [-0.05, 0) is 24.6 Å². The van der Waals surface area contributed by atoms with Crippen LogP contribution < -0.4 is 10.1 Å². The van der Waals surface area contributed by atoms with Crippen LogP contribution in [0.2, 0.25) is 0 Å². The summed E-state index contributed by atoms with van der Waals surface area (Å²) in [4.78, 5) is 0. The van der Waals surface area contributed by atoms with E-state index in [2.05, 4.69) is 5.32 Å². The van der Waals surface area contributed by atoms with Gasteiger partial charge in [0.15, 0.2) is 0 Å². The molecule has 0 bridgehead atoms. The molecule has 2 unspecified atom stereocenters. The van der Waals surface area contributed by atoms with Gasteiger partial charge in [-0.25, -0.2) is 4.39 Å². The maximum Gasteiger partial charge on any atom is 0.131 e. The summed E-state index contributed by atoms with van der Waals surface area (Å²) in [7, 11) is 1.52. The first-order valence-electron chi connectivity index (χ1n) is 6.91. The molecule has 0 heterocycles. The molecule has 0 aliphatic carbocycles. The van der Waals surface area contributed by atoms with Crippen molar-refractivity contribution in [3.05, 3.63) is 65.5 Å². The summed E-state index contributed by atoms with van der Waals surface area (Å²) in [6.45, 7) is 1.79. The number of methoxy groups -OCH3 is 1. The second-order valence-electron chi connectivity index (χ2n) is 4.89. The number of nitrogens with one attached hydrogen (secondary N) is 1. The molecule has 0 aliphatic rings. The number of ether oxygens (including phenoxy) is 1. The molecule has 0 saturated carbocycles. The number of rotatable bonds is 6. The van der Waals surface area contributed by atoms with E-state index in [1.165, 1.54) is 13.2 Å². The molecule has 0 aromatic heterocycles. The molecule has 0 spiro atoms. The molecule has 0 saturated heterocycles. The Morgan fingerprint density at radius 1 is 1.14 bits per heavy atom. The van der Waals surface area contributed by atoms with E-state index in [1.807, 2.05) is 37.3 Å². The Balaban J connectivity index is 2.23. The summed E-state index contributed by atoms with van der Waals surface area (Å²) in [6.07, 6.45) is 0. The van der Waals surface area contributed by atoms with E-state index in [0.29, 0.717) is 11.3 Å². The minimum Gasteiger partial charge on any atom is -0.496 e. The van der Waals surface area contributed by atoms with Crippen molar-refractivity contribution in [3.8, 4) is 5.75 Å². The number of benzene rings is 2. The number of aliphatic hydroxyl groups is 1. The van der Waals surface area contributed by atoms with Gasteiger partial charge in [-0.15, -0.1) is 0 Å². The highest BCUT2D eigenvalue weighted by Gasteiger charge is 2.20. The molecule has 0 amide bonds. The summed E-state index contributed by atoms with van der Waals surface area (Å²) < 4.78 is 19.3. The van der Waals surface area contributed by atoms with Crippen molar-refractivity contribution >= 4 is 0 Å². The molecule has 2 aromatic rings. The minimum atomic E-state index is -0.320. The Morgan fingerprint density at radius 2 is 1.86 bits per heavy atom. The van der Waals surface area contributed by atoms with Crippen molar-refractivity contribution in [2.24, 2.45) is 0 Å². The molecule has 112 valence electrons. The second-order valence-corrected chi connectivity index (χ2v) is 4.89. The van der Waals surface area contributed by atoms with Crippen molar-refractivity contribution in [2.45, 2.75) is 19.0 Å². The number of hydrogen-bond acceptors (Lipinski definition) is 3. The highest BCUT2D eigenvalue weighted by atomic mass is 19.1. The topological polar surface area (TPSA) is 41.5 Å². The highest BCUT2D eigenvalue weighted by Crippen LogP contribution is 2.29. The van der Waals surface area contributed by atoms with Crippen LogP contribution in [0.15, 0.2) is 48.5 Å². The van der Waals surface area contributed by atoms with Crippen LogP contribution in [0.25, 0.3) is 0 Å². The first kappa shape index (κ1) is 15.5. The summed E-state index contributed by atoms with van der Waals surface area (Å²) in [5.74, 6) is 0.179. The van der Waals surface area contributed by atoms with Crippen molar-refractivity contribution in [3.63, 3.8) is 0 Å².